The van der Waals surface area contributed by atoms with Crippen molar-refractivity contribution in [1.82, 2.24) is 19.7 Å². The van der Waals surface area contributed by atoms with Gasteiger partial charge < -0.3 is 4.42 Å². The average Bonchev–Trinajstić information content (AvgIpc) is 3.28. The molecule has 0 saturated carbocycles. The second-order valence-electron chi connectivity index (χ2n) is 6.75. The number of benzene rings is 1. The van der Waals surface area contributed by atoms with Gasteiger partial charge in [-0.15, -0.1) is 0 Å². The number of aryl methyl sites for hydroxylation is 2. The van der Waals surface area contributed by atoms with Gasteiger partial charge in [0.1, 0.15) is 5.52 Å². The molecule has 0 amide bonds. The Morgan fingerprint density at radius 3 is 3.04 bits per heavy atom. The van der Waals surface area contributed by atoms with E-state index in [0.29, 0.717) is 6.04 Å². The zero-order chi connectivity index (χ0) is 16.4. The first-order valence-electron chi connectivity index (χ1n) is 8.85. The van der Waals surface area contributed by atoms with Gasteiger partial charge in [0.15, 0.2) is 11.5 Å². The Morgan fingerprint density at radius 2 is 2.21 bits per heavy atom. The molecule has 0 spiro atoms. The lowest BCUT2D eigenvalue weighted by atomic mass is 10.2. The van der Waals surface area contributed by atoms with Crippen molar-refractivity contribution >= 4 is 11.1 Å². The molecule has 5 heteroatoms. The molecule has 126 valence electrons. The largest absolute Gasteiger partial charge is 0.441 e. The Bertz CT molecular complexity index is 773. The van der Waals surface area contributed by atoms with Gasteiger partial charge in [0.2, 0.25) is 0 Å². The number of fused-ring (bicyclic) bond motifs is 1. The van der Waals surface area contributed by atoms with Crippen molar-refractivity contribution in [3.05, 3.63) is 48.1 Å². The maximum atomic E-state index is 5.81. The maximum Gasteiger partial charge on any atom is 0.195 e. The smallest absolute Gasteiger partial charge is 0.195 e. The second-order valence-corrected chi connectivity index (χ2v) is 6.75. The van der Waals surface area contributed by atoms with Crippen LogP contribution in [0.4, 0.5) is 0 Å². The molecule has 1 aromatic carbocycles. The summed E-state index contributed by atoms with van der Waals surface area (Å²) in [5.41, 5.74) is 3.08. The van der Waals surface area contributed by atoms with Crippen LogP contribution < -0.4 is 0 Å². The highest BCUT2D eigenvalue weighted by atomic mass is 16.3. The van der Waals surface area contributed by atoms with Gasteiger partial charge in [0, 0.05) is 18.7 Å². The van der Waals surface area contributed by atoms with E-state index in [1.807, 2.05) is 30.5 Å². The van der Waals surface area contributed by atoms with Crippen LogP contribution in [-0.4, -0.2) is 38.8 Å². The quantitative estimate of drug-likeness (QED) is 0.697. The highest BCUT2D eigenvalue weighted by molar-refractivity contribution is 5.72. The molecular formula is C19H24N4O. The zero-order valence-electron chi connectivity index (χ0n) is 14.2. The van der Waals surface area contributed by atoms with E-state index in [-0.39, 0.29) is 0 Å². The van der Waals surface area contributed by atoms with E-state index in [9.17, 15) is 0 Å². The fraction of sp³-hybridized carbons (Fsp3) is 0.474. The van der Waals surface area contributed by atoms with Crippen LogP contribution in [0.2, 0.25) is 0 Å². The van der Waals surface area contributed by atoms with Crippen LogP contribution in [0.25, 0.3) is 11.1 Å². The minimum absolute atomic E-state index is 0.605. The lowest BCUT2D eigenvalue weighted by Gasteiger charge is -2.24. The monoisotopic (exact) mass is 324 g/mol. The van der Waals surface area contributed by atoms with Gasteiger partial charge >= 0.3 is 0 Å². The van der Waals surface area contributed by atoms with Crippen molar-refractivity contribution in [2.75, 3.05) is 13.1 Å². The molecule has 24 heavy (non-hydrogen) atoms. The van der Waals surface area contributed by atoms with Gasteiger partial charge in [-0.2, -0.15) is 5.10 Å². The summed E-state index contributed by atoms with van der Waals surface area (Å²) in [6, 6.07) is 8.58. The SMILES string of the molecule is Cc1cnn(C[C@H]2CCCN2CCCc2nc3ccccc3o2)c1. The van der Waals surface area contributed by atoms with Gasteiger partial charge in [0.25, 0.3) is 0 Å². The van der Waals surface area contributed by atoms with E-state index in [1.165, 1.54) is 24.9 Å². The number of rotatable bonds is 6. The average molecular weight is 324 g/mol. The summed E-state index contributed by atoms with van der Waals surface area (Å²) in [5, 5.41) is 4.43. The first-order valence-corrected chi connectivity index (χ1v) is 8.85. The molecule has 2 aromatic heterocycles. The number of oxazole rings is 1. The van der Waals surface area contributed by atoms with Gasteiger partial charge in [-0.25, -0.2) is 4.98 Å². The molecule has 3 heterocycles. The Hall–Kier alpha value is -2.14. The van der Waals surface area contributed by atoms with E-state index < -0.39 is 0 Å². The van der Waals surface area contributed by atoms with Gasteiger partial charge in [-0.1, -0.05) is 12.1 Å². The molecule has 1 fully saturated rings. The summed E-state index contributed by atoms with van der Waals surface area (Å²) < 4.78 is 7.90. The number of hydrogen-bond acceptors (Lipinski definition) is 4. The molecule has 3 aromatic rings. The maximum absolute atomic E-state index is 5.81. The van der Waals surface area contributed by atoms with Crippen LogP contribution >= 0.6 is 0 Å². The number of hydrogen-bond donors (Lipinski definition) is 0. The van der Waals surface area contributed by atoms with Gasteiger partial charge in [-0.05, 0) is 57.0 Å². The van der Waals surface area contributed by atoms with Gasteiger partial charge in [0.05, 0.1) is 12.7 Å². The topological polar surface area (TPSA) is 47.1 Å². The minimum Gasteiger partial charge on any atom is -0.441 e. The molecule has 0 radical (unpaired) electrons. The van der Waals surface area contributed by atoms with Crippen molar-refractivity contribution in [3.8, 4) is 0 Å². The van der Waals surface area contributed by atoms with Gasteiger partial charge in [-0.3, -0.25) is 9.58 Å². The Morgan fingerprint density at radius 1 is 1.29 bits per heavy atom. The van der Waals surface area contributed by atoms with Crippen molar-refractivity contribution in [2.24, 2.45) is 0 Å². The standard InChI is InChI=1S/C19H24N4O/c1-15-12-20-23(13-15)14-16-6-4-10-22(16)11-5-9-19-21-17-7-2-3-8-18(17)24-19/h2-3,7-8,12-13,16H,4-6,9-11,14H2,1H3/t16-/m1/s1. The predicted octanol–water partition coefficient (Wildman–Crippen LogP) is 3.43. The first-order chi connectivity index (χ1) is 11.8. The van der Waals surface area contributed by atoms with Crippen LogP contribution in [0.5, 0.6) is 0 Å². The molecule has 1 aliphatic heterocycles. The first kappa shape index (κ1) is 15.4. The third-order valence-electron chi connectivity index (χ3n) is 4.83. The highest BCUT2D eigenvalue weighted by Crippen LogP contribution is 2.20. The third-order valence-corrected chi connectivity index (χ3v) is 4.83. The minimum atomic E-state index is 0.605. The number of likely N-dealkylation sites (tertiary alicyclic amines) is 1. The molecule has 4 rings (SSSR count). The molecule has 5 nitrogen and oxygen atoms in total. The molecule has 1 aliphatic rings. The van der Waals surface area contributed by atoms with E-state index in [2.05, 4.69) is 32.8 Å². The zero-order valence-corrected chi connectivity index (χ0v) is 14.2. The third kappa shape index (κ3) is 3.36. The lowest BCUT2D eigenvalue weighted by Crippen LogP contribution is -2.34. The van der Waals surface area contributed by atoms with Crippen LogP contribution in [0.3, 0.4) is 0 Å². The Balaban J connectivity index is 1.31. The normalized spacial score (nSPS) is 18.6. The van der Waals surface area contributed by atoms with E-state index in [1.54, 1.807) is 0 Å². The Kier molecular flexibility index (Phi) is 4.34. The summed E-state index contributed by atoms with van der Waals surface area (Å²) in [6.07, 6.45) is 8.61. The van der Waals surface area contributed by atoms with Crippen LogP contribution in [0.1, 0.15) is 30.7 Å². The van der Waals surface area contributed by atoms with Crippen LogP contribution in [0.15, 0.2) is 41.1 Å². The molecule has 0 N–H and O–H groups in total. The molecular weight excluding hydrogens is 300 g/mol. The lowest BCUT2D eigenvalue weighted by molar-refractivity contribution is 0.223. The van der Waals surface area contributed by atoms with E-state index in [4.69, 9.17) is 4.42 Å². The fourth-order valence-electron chi connectivity index (χ4n) is 3.64. The summed E-state index contributed by atoms with van der Waals surface area (Å²) in [6.45, 7) is 5.38. The van der Waals surface area contributed by atoms with Crippen molar-refractivity contribution in [1.29, 1.82) is 0 Å². The molecule has 0 aliphatic carbocycles. The molecule has 1 atom stereocenters. The highest BCUT2D eigenvalue weighted by Gasteiger charge is 2.24. The van der Waals surface area contributed by atoms with Crippen molar-refractivity contribution < 1.29 is 4.42 Å². The number of aromatic nitrogens is 3. The van der Waals surface area contributed by atoms with Crippen molar-refractivity contribution in [3.63, 3.8) is 0 Å². The van der Waals surface area contributed by atoms with E-state index in [0.717, 1.165) is 42.9 Å². The van der Waals surface area contributed by atoms with Crippen LogP contribution in [-0.2, 0) is 13.0 Å². The van der Waals surface area contributed by atoms with E-state index >= 15 is 0 Å². The molecule has 1 saturated heterocycles. The summed E-state index contributed by atoms with van der Waals surface area (Å²) in [7, 11) is 0. The molecule has 0 unspecified atom stereocenters. The van der Waals surface area contributed by atoms with Crippen molar-refractivity contribution in [2.45, 2.75) is 45.2 Å². The molecule has 0 bridgehead atoms. The summed E-state index contributed by atoms with van der Waals surface area (Å²) in [5.74, 6) is 0.856. The summed E-state index contributed by atoms with van der Waals surface area (Å²) in [4.78, 5) is 7.16. The van der Waals surface area contributed by atoms with Crippen LogP contribution in [0, 0.1) is 6.92 Å². The second kappa shape index (κ2) is 6.77. The Labute approximate surface area is 142 Å². The fourth-order valence-corrected chi connectivity index (χ4v) is 3.64. The summed E-state index contributed by atoms with van der Waals surface area (Å²) >= 11 is 0. The number of para-hydroxylation sites is 2. The number of nitrogens with zero attached hydrogens (tertiary/aromatic N) is 4. The predicted molar refractivity (Wildman–Crippen MR) is 93.9 cm³/mol.